The summed E-state index contributed by atoms with van der Waals surface area (Å²) in [7, 11) is 1.72. The molecule has 0 saturated heterocycles. The van der Waals surface area contributed by atoms with Gasteiger partial charge in [-0.05, 0) is 0 Å². The Hall–Kier alpha value is -1.98. The predicted molar refractivity (Wildman–Crippen MR) is 47.5 cm³/mol. The van der Waals surface area contributed by atoms with Gasteiger partial charge >= 0.3 is 0 Å². The Labute approximate surface area is 73.1 Å². The summed E-state index contributed by atoms with van der Waals surface area (Å²) in [6.45, 7) is 0. The summed E-state index contributed by atoms with van der Waals surface area (Å²) in [6.07, 6.45) is 2.58. The highest BCUT2D eigenvalue weighted by Gasteiger charge is 2.02. The SMILES string of the molecule is CNc1ncnc2ncc(=O)[nH]c12. The number of nitrogens with one attached hydrogen (secondary N) is 2. The Kier molecular flexibility index (Phi) is 1.66. The quantitative estimate of drug-likeness (QED) is 0.627. The monoisotopic (exact) mass is 177 g/mol. The van der Waals surface area contributed by atoms with Crippen LogP contribution < -0.4 is 10.9 Å². The van der Waals surface area contributed by atoms with Crippen LogP contribution >= 0.6 is 0 Å². The summed E-state index contributed by atoms with van der Waals surface area (Å²) in [6, 6.07) is 0. The van der Waals surface area contributed by atoms with Gasteiger partial charge in [0.25, 0.3) is 5.56 Å². The van der Waals surface area contributed by atoms with Gasteiger partial charge in [-0.25, -0.2) is 15.0 Å². The van der Waals surface area contributed by atoms with Crippen molar-refractivity contribution in [1.82, 2.24) is 19.9 Å². The number of H-pyrrole nitrogens is 1. The molecule has 2 rings (SSSR count). The van der Waals surface area contributed by atoms with E-state index in [1.807, 2.05) is 0 Å². The average molecular weight is 177 g/mol. The lowest BCUT2D eigenvalue weighted by Crippen LogP contribution is -2.08. The van der Waals surface area contributed by atoms with Crippen molar-refractivity contribution in [2.75, 3.05) is 12.4 Å². The van der Waals surface area contributed by atoms with Crippen molar-refractivity contribution in [2.24, 2.45) is 0 Å². The highest BCUT2D eigenvalue weighted by molar-refractivity contribution is 5.81. The summed E-state index contributed by atoms with van der Waals surface area (Å²) in [4.78, 5) is 25.2. The molecule has 2 aromatic rings. The topological polar surface area (TPSA) is 83.6 Å². The number of rotatable bonds is 1. The molecule has 2 heterocycles. The van der Waals surface area contributed by atoms with Gasteiger partial charge in [0.1, 0.15) is 11.8 Å². The molecule has 0 spiro atoms. The lowest BCUT2D eigenvalue weighted by atomic mass is 10.4. The second kappa shape index (κ2) is 2.81. The smallest absolute Gasteiger partial charge is 0.267 e. The Morgan fingerprint density at radius 2 is 2.23 bits per heavy atom. The van der Waals surface area contributed by atoms with E-state index < -0.39 is 0 Å². The second-order valence-electron chi connectivity index (χ2n) is 2.42. The van der Waals surface area contributed by atoms with Gasteiger partial charge in [0.15, 0.2) is 11.5 Å². The van der Waals surface area contributed by atoms with Crippen molar-refractivity contribution in [3.05, 3.63) is 22.9 Å². The Balaban J connectivity index is 2.87. The van der Waals surface area contributed by atoms with Gasteiger partial charge in [0.2, 0.25) is 0 Å². The first-order chi connectivity index (χ1) is 6.31. The van der Waals surface area contributed by atoms with Crippen LogP contribution in [-0.2, 0) is 0 Å². The van der Waals surface area contributed by atoms with E-state index in [9.17, 15) is 4.79 Å². The fourth-order valence-corrected chi connectivity index (χ4v) is 1.05. The molecule has 0 radical (unpaired) electrons. The second-order valence-corrected chi connectivity index (χ2v) is 2.42. The molecule has 0 saturated carbocycles. The molecule has 6 nitrogen and oxygen atoms in total. The Morgan fingerprint density at radius 3 is 3.00 bits per heavy atom. The van der Waals surface area contributed by atoms with Gasteiger partial charge in [0.05, 0.1) is 6.20 Å². The summed E-state index contributed by atoms with van der Waals surface area (Å²) in [5.41, 5.74) is 0.732. The third-order valence-corrected chi connectivity index (χ3v) is 1.62. The van der Waals surface area contributed by atoms with Crippen LogP contribution in [0.2, 0.25) is 0 Å². The fraction of sp³-hybridized carbons (Fsp3) is 0.143. The van der Waals surface area contributed by atoms with E-state index in [-0.39, 0.29) is 5.56 Å². The third-order valence-electron chi connectivity index (χ3n) is 1.62. The molecule has 66 valence electrons. The highest BCUT2D eigenvalue weighted by atomic mass is 16.1. The molecular weight excluding hydrogens is 170 g/mol. The zero-order chi connectivity index (χ0) is 9.26. The summed E-state index contributed by atoms with van der Waals surface area (Å²) >= 11 is 0. The van der Waals surface area contributed by atoms with Crippen molar-refractivity contribution < 1.29 is 0 Å². The first-order valence-corrected chi connectivity index (χ1v) is 3.69. The van der Waals surface area contributed by atoms with Crippen molar-refractivity contribution in [3.8, 4) is 0 Å². The molecule has 0 bridgehead atoms. The minimum Gasteiger partial charge on any atom is -0.371 e. The number of nitrogens with zero attached hydrogens (tertiary/aromatic N) is 3. The number of aromatic amines is 1. The Bertz CT molecular complexity index is 491. The number of hydrogen-bond acceptors (Lipinski definition) is 5. The van der Waals surface area contributed by atoms with Gasteiger partial charge in [-0.3, -0.25) is 4.79 Å². The van der Waals surface area contributed by atoms with Crippen molar-refractivity contribution in [3.63, 3.8) is 0 Å². The van der Waals surface area contributed by atoms with Crippen molar-refractivity contribution in [2.45, 2.75) is 0 Å². The van der Waals surface area contributed by atoms with Crippen molar-refractivity contribution >= 4 is 17.0 Å². The number of anilines is 1. The molecule has 0 amide bonds. The molecule has 0 unspecified atom stereocenters. The molecule has 0 atom stereocenters. The molecule has 0 aliphatic carbocycles. The normalized spacial score (nSPS) is 10.2. The van der Waals surface area contributed by atoms with E-state index in [2.05, 4.69) is 25.3 Å². The van der Waals surface area contributed by atoms with Crippen molar-refractivity contribution in [1.29, 1.82) is 0 Å². The maximum atomic E-state index is 11.0. The molecule has 2 N–H and O–H groups in total. The van der Waals surface area contributed by atoms with Crippen LogP contribution in [0.1, 0.15) is 0 Å². The maximum Gasteiger partial charge on any atom is 0.267 e. The average Bonchev–Trinajstić information content (AvgIpc) is 2.17. The van der Waals surface area contributed by atoms with Crippen LogP contribution in [0.15, 0.2) is 17.3 Å². The lowest BCUT2D eigenvalue weighted by Gasteiger charge is -2.00. The lowest BCUT2D eigenvalue weighted by molar-refractivity contribution is 1.12. The summed E-state index contributed by atoms with van der Waals surface area (Å²) in [5, 5.41) is 2.84. The van der Waals surface area contributed by atoms with Gasteiger partial charge < -0.3 is 10.3 Å². The Morgan fingerprint density at radius 1 is 1.38 bits per heavy atom. The number of fused-ring (bicyclic) bond motifs is 1. The largest absolute Gasteiger partial charge is 0.371 e. The van der Waals surface area contributed by atoms with Gasteiger partial charge in [-0.15, -0.1) is 0 Å². The van der Waals surface area contributed by atoms with Gasteiger partial charge in [-0.1, -0.05) is 0 Å². The summed E-state index contributed by atoms with van der Waals surface area (Å²) < 4.78 is 0. The van der Waals surface area contributed by atoms with E-state index in [1.165, 1.54) is 12.5 Å². The van der Waals surface area contributed by atoms with E-state index in [0.29, 0.717) is 17.0 Å². The van der Waals surface area contributed by atoms with E-state index in [4.69, 9.17) is 0 Å². The minimum atomic E-state index is -0.265. The fourth-order valence-electron chi connectivity index (χ4n) is 1.05. The molecule has 13 heavy (non-hydrogen) atoms. The minimum absolute atomic E-state index is 0.265. The first kappa shape index (κ1) is 7.66. The van der Waals surface area contributed by atoms with E-state index >= 15 is 0 Å². The van der Waals surface area contributed by atoms with Crippen LogP contribution in [0.5, 0.6) is 0 Å². The molecule has 0 fully saturated rings. The van der Waals surface area contributed by atoms with Crippen LogP contribution in [-0.4, -0.2) is 27.0 Å². The highest BCUT2D eigenvalue weighted by Crippen LogP contribution is 2.10. The molecule has 0 aliphatic heterocycles. The van der Waals surface area contributed by atoms with Crippen LogP contribution in [0.25, 0.3) is 11.2 Å². The van der Waals surface area contributed by atoms with Crippen LogP contribution in [0, 0.1) is 0 Å². The zero-order valence-corrected chi connectivity index (χ0v) is 6.90. The van der Waals surface area contributed by atoms with Gasteiger partial charge in [0, 0.05) is 7.05 Å². The molecule has 6 heteroatoms. The van der Waals surface area contributed by atoms with Gasteiger partial charge in [-0.2, -0.15) is 0 Å². The molecule has 0 aliphatic rings. The van der Waals surface area contributed by atoms with Crippen LogP contribution in [0.4, 0.5) is 5.82 Å². The third kappa shape index (κ3) is 1.22. The number of hydrogen-bond donors (Lipinski definition) is 2. The van der Waals surface area contributed by atoms with Crippen LogP contribution in [0.3, 0.4) is 0 Å². The predicted octanol–water partition coefficient (Wildman–Crippen LogP) is -0.245. The molecule has 2 aromatic heterocycles. The first-order valence-electron chi connectivity index (χ1n) is 3.69. The molecule has 0 aromatic carbocycles. The maximum absolute atomic E-state index is 11.0. The molecular formula is C7H7N5O. The van der Waals surface area contributed by atoms with E-state index in [1.54, 1.807) is 7.05 Å². The summed E-state index contributed by atoms with van der Waals surface area (Å²) in [5.74, 6) is 0.565. The van der Waals surface area contributed by atoms with E-state index in [0.717, 1.165) is 0 Å². The standard InChI is InChI=1S/C7H7N5O/c1-8-6-5-7(11-3-10-6)9-2-4(13)12-5/h2-3H,1H3,(H,12,13)(H,8,9,10,11). The number of aromatic nitrogens is 4. The zero-order valence-electron chi connectivity index (χ0n) is 6.90.